The lowest BCUT2D eigenvalue weighted by Gasteiger charge is -2.32. The first-order chi connectivity index (χ1) is 14.0. The monoisotopic (exact) mass is 461 g/mol. The van der Waals surface area contributed by atoms with Crippen molar-refractivity contribution >= 4 is 21.8 Å². The van der Waals surface area contributed by atoms with Crippen LogP contribution in [0.2, 0.25) is 0 Å². The van der Waals surface area contributed by atoms with E-state index in [9.17, 15) is 9.18 Å². The predicted molar refractivity (Wildman–Crippen MR) is 112 cm³/mol. The summed E-state index contributed by atoms with van der Waals surface area (Å²) < 4.78 is 20.8. The number of carbonyl (C=O) groups is 1. The van der Waals surface area contributed by atoms with Crippen molar-refractivity contribution in [2.24, 2.45) is 0 Å². The number of pyridine rings is 1. The van der Waals surface area contributed by atoms with Crippen molar-refractivity contribution in [1.82, 2.24) is 15.2 Å². The Bertz CT molecular complexity index is 886. The summed E-state index contributed by atoms with van der Waals surface area (Å²) in [6.07, 6.45) is 4.47. The van der Waals surface area contributed by atoms with Crippen LogP contribution in [0.4, 0.5) is 4.39 Å². The first kappa shape index (κ1) is 20.3. The summed E-state index contributed by atoms with van der Waals surface area (Å²) in [5.74, 6) is 0.840. The van der Waals surface area contributed by atoms with Crippen molar-refractivity contribution in [1.29, 1.82) is 0 Å². The Morgan fingerprint density at radius 3 is 2.86 bits per heavy atom. The molecule has 154 valence electrons. The van der Waals surface area contributed by atoms with Crippen LogP contribution < -0.4 is 10.1 Å². The van der Waals surface area contributed by atoms with Gasteiger partial charge >= 0.3 is 0 Å². The molecule has 0 radical (unpaired) electrons. The highest BCUT2D eigenvalue weighted by atomic mass is 79.9. The number of halogens is 2. The van der Waals surface area contributed by atoms with Crippen LogP contribution in [0.3, 0.4) is 0 Å². The van der Waals surface area contributed by atoms with Gasteiger partial charge in [-0.05, 0) is 55.2 Å². The fraction of sp³-hybridized carbons (Fsp3) is 0.455. The van der Waals surface area contributed by atoms with Crippen molar-refractivity contribution in [3.05, 3.63) is 58.1 Å². The summed E-state index contributed by atoms with van der Waals surface area (Å²) in [6, 6.07) is 10.2. The Balaban J connectivity index is 1.37. The van der Waals surface area contributed by atoms with Crippen LogP contribution in [0.15, 0.2) is 41.0 Å². The van der Waals surface area contributed by atoms with E-state index in [-0.39, 0.29) is 12.5 Å². The molecule has 1 saturated heterocycles. The molecule has 1 amide bonds. The van der Waals surface area contributed by atoms with Gasteiger partial charge in [-0.25, -0.2) is 4.98 Å². The fourth-order valence-electron chi connectivity index (χ4n) is 4.01. The van der Waals surface area contributed by atoms with Gasteiger partial charge < -0.3 is 15.0 Å². The second-order valence-electron chi connectivity index (χ2n) is 7.82. The van der Waals surface area contributed by atoms with E-state index in [0.717, 1.165) is 48.1 Å². The van der Waals surface area contributed by atoms with E-state index >= 15 is 0 Å². The molecule has 1 aliphatic heterocycles. The zero-order valence-electron chi connectivity index (χ0n) is 16.4. The lowest BCUT2D eigenvalue weighted by Crippen LogP contribution is -2.45. The Labute approximate surface area is 178 Å². The minimum atomic E-state index is -0.492. The number of likely N-dealkylation sites (tertiary alicyclic amines) is 1. The van der Waals surface area contributed by atoms with E-state index in [1.54, 1.807) is 19.1 Å². The third-order valence-electron chi connectivity index (χ3n) is 5.77. The average molecular weight is 462 g/mol. The Morgan fingerprint density at radius 1 is 1.34 bits per heavy atom. The molecule has 0 bridgehead atoms. The van der Waals surface area contributed by atoms with Gasteiger partial charge in [-0.3, -0.25) is 4.79 Å². The van der Waals surface area contributed by atoms with Crippen molar-refractivity contribution in [3.63, 3.8) is 0 Å². The van der Waals surface area contributed by atoms with Gasteiger partial charge in [-0.15, -0.1) is 0 Å². The lowest BCUT2D eigenvalue weighted by molar-refractivity contribution is -0.129. The SMILES string of the molecule is CC(=O)N1CCC(N[C@@H]2C[C@H]2c2cc(Br)ccc2OCc2cccnc2F)CC1. The topological polar surface area (TPSA) is 54.5 Å². The van der Waals surface area contributed by atoms with Gasteiger partial charge in [0, 0.05) is 54.2 Å². The first-order valence-corrected chi connectivity index (χ1v) is 10.8. The van der Waals surface area contributed by atoms with Gasteiger partial charge in [-0.2, -0.15) is 4.39 Å². The largest absolute Gasteiger partial charge is 0.488 e. The molecular weight excluding hydrogens is 437 g/mol. The second-order valence-corrected chi connectivity index (χ2v) is 8.74. The molecule has 2 aromatic rings. The van der Waals surface area contributed by atoms with Crippen molar-refractivity contribution in [3.8, 4) is 5.75 Å². The number of aromatic nitrogens is 1. The molecule has 1 saturated carbocycles. The molecule has 0 spiro atoms. The zero-order chi connectivity index (χ0) is 20.4. The molecule has 0 unspecified atom stereocenters. The number of nitrogens with zero attached hydrogens (tertiary/aromatic N) is 2. The maximum absolute atomic E-state index is 13.8. The highest BCUT2D eigenvalue weighted by molar-refractivity contribution is 9.10. The van der Waals surface area contributed by atoms with Crippen molar-refractivity contribution in [2.75, 3.05) is 13.1 Å². The molecular formula is C22H25BrFN3O2. The second kappa shape index (κ2) is 8.79. The van der Waals surface area contributed by atoms with E-state index in [0.29, 0.717) is 23.6 Å². The maximum atomic E-state index is 13.8. The van der Waals surface area contributed by atoms with Gasteiger partial charge in [0.1, 0.15) is 12.4 Å². The Kier molecular flexibility index (Phi) is 6.15. The molecule has 2 fully saturated rings. The molecule has 1 aromatic carbocycles. The van der Waals surface area contributed by atoms with Gasteiger partial charge in [0.05, 0.1) is 0 Å². The van der Waals surface area contributed by atoms with Gasteiger partial charge in [-0.1, -0.05) is 15.9 Å². The van der Waals surface area contributed by atoms with E-state index in [1.807, 2.05) is 17.0 Å². The third kappa shape index (κ3) is 4.95. The summed E-state index contributed by atoms with van der Waals surface area (Å²) in [5.41, 5.74) is 1.59. The number of hydrogen-bond donors (Lipinski definition) is 1. The standard InChI is InChI=1S/C22H25BrFN3O2/c1-14(28)27-9-6-17(7-10-27)26-20-12-18(20)19-11-16(23)4-5-21(19)29-13-15-3-2-8-25-22(15)24/h2-5,8,11,17-18,20,26H,6-7,9-10,12-13H2,1H3/t18-,20+/m0/s1. The summed E-state index contributed by atoms with van der Waals surface area (Å²) in [7, 11) is 0. The Morgan fingerprint density at radius 2 is 2.14 bits per heavy atom. The van der Waals surface area contributed by atoms with Crippen LogP contribution in [0, 0.1) is 5.95 Å². The Hall–Kier alpha value is -1.99. The summed E-state index contributed by atoms with van der Waals surface area (Å²) >= 11 is 3.56. The number of piperidine rings is 1. The molecule has 2 aliphatic rings. The van der Waals surface area contributed by atoms with Gasteiger partial charge in [0.25, 0.3) is 0 Å². The molecule has 2 heterocycles. The smallest absolute Gasteiger partial charge is 0.219 e. The fourth-order valence-corrected chi connectivity index (χ4v) is 4.39. The maximum Gasteiger partial charge on any atom is 0.219 e. The van der Waals surface area contributed by atoms with Crippen LogP contribution in [-0.2, 0) is 11.4 Å². The van der Waals surface area contributed by atoms with Crippen molar-refractivity contribution in [2.45, 2.75) is 50.8 Å². The van der Waals surface area contributed by atoms with Gasteiger partial charge in [0.2, 0.25) is 11.9 Å². The highest BCUT2D eigenvalue weighted by Crippen LogP contribution is 2.46. The number of nitrogens with one attached hydrogen (secondary N) is 1. The lowest BCUT2D eigenvalue weighted by atomic mass is 10.0. The molecule has 29 heavy (non-hydrogen) atoms. The van der Waals surface area contributed by atoms with Crippen LogP contribution in [0.25, 0.3) is 0 Å². The molecule has 5 nitrogen and oxygen atoms in total. The van der Waals surface area contributed by atoms with Gasteiger partial charge in [0.15, 0.2) is 0 Å². The quantitative estimate of drug-likeness (QED) is 0.660. The van der Waals surface area contributed by atoms with Crippen LogP contribution in [0.1, 0.15) is 43.2 Å². The van der Waals surface area contributed by atoms with E-state index in [4.69, 9.17) is 4.74 Å². The van der Waals surface area contributed by atoms with Crippen LogP contribution in [-0.4, -0.2) is 41.0 Å². The molecule has 1 aliphatic carbocycles. The first-order valence-electron chi connectivity index (χ1n) is 10.0. The average Bonchev–Trinajstić information content (AvgIpc) is 3.47. The molecule has 1 N–H and O–H groups in total. The molecule has 1 aromatic heterocycles. The molecule has 2 atom stereocenters. The highest BCUT2D eigenvalue weighted by Gasteiger charge is 2.41. The zero-order valence-corrected chi connectivity index (χ0v) is 18.0. The van der Waals surface area contributed by atoms with Crippen molar-refractivity contribution < 1.29 is 13.9 Å². The van der Waals surface area contributed by atoms with Crippen LogP contribution in [0.5, 0.6) is 5.75 Å². The van der Waals surface area contributed by atoms with Crippen LogP contribution >= 0.6 is 15.9 Å². The minimum Gasteiger partial charge on any atom is -0.488 e. The number of ether oxygens (including phenoxy) is 1. The number of rotatable bonds is 6. The summed E-state index contributed by atoms with van der Waals surface area (Å²) in [6.45, 7) is 3.44. The number of hydrogen-bond acceptors (Lipinski definition) is 4. The predicted octanol–water partition coefficient (Wildman–Crippen LogP) is 4.02. The third-order valence-corrected chi connectivity index (χ3v) is 6.26. The normalized spacial score (nSPS) is 21.8. The summed E-state index contributed by atoms with van der Waals surface area (Å²) in [5, 5.41) is 3.75. The van der Waals surface area contributed by atoms with E-state index in [1.165, 1.54) is 6.20 Å². The molecule has 7 heteroatoms. The number of amides is 1. The number of benzene rings is 1. The van der Waals surface area contributed by atoms with E-state index < -0.39 is 5.95 Å². The minimum absolute atomic E-state index is 0.155. The summed E-state index contributed by atoms with van der Waals surface area (Å²) in [4.78, 5) is 17.1. The number of carbonyl (C=O) groups excluding carboxylic acids is 1. The molecule has 4 rings (SSSR count). The van der Waals surface area contributed by atoms with E-state index in [2.05, 4.69) is 32.3 Å².